The van der Waals surface area contributed by atoms with Gasteiger partial charge in [0.15, 0.2) is 5.76 Å². The largest absolute Gasteiger partial charge is 0.356 e. The highest BCUT2D eigenvalue weighted by atomic mass is 19.1. The van der Waals surface area contributed by atoms with Crippen LogP contribution in [0, 0.1) is 12.7 Å². The van der Waals surface area contributed by atoms with E-state index in [1.807, 2.05) is 24.1 Å². The first-order valence-corrected chi connectivity index (χ1v) is 11.1. The zero-order valence-corrected chi connectivity index (χ0v) is 18.1. The third kappa shape index (κ3) is 4.49. The van der Waals surface area contributed by atoms with Gasteiger partial charge in [-0.2, -0.15) is 0 Å². The summed E-state index contributed by atoms with van der Waals surface area (Å²) in [5.41, 5.74) is 3.03. The van der Waals surface area contributed by atoms with Crippen molar-refractivity contribution in [1.29, 1.82) is 0 Å². The van der Waals surface area contributed by atoms with Crippen LogP contribution in [0.15, 0.2) is 41.1 Å². The van der Waals surface area contributed by atoms with E-state index in [2.05, 4.69) is 15.5 Å². The Kier molecular flexibility index (Phi) is 5.59. The van der Waals surface area contributed by atoms with Crippen molar-refractivity contribution >= 4 is 11.9 Å². The zero-order valence-electron chi connectivity index (χ0n) is 18.1. The van der Waals surface area contributed by atoms with Crippen molar-refractivity contribution in [3.63, 3.8) is 0 Å². The monoisotopic (exact) mass is 435 g/mol. The molecular formula is C24H26FN5O2. The van der Waals surface area contributed by atoms with Crippen molar-refractivity contribution in [3.05, 3.63) is 59.3 Å². The highest BCUT2D eigenvalue weighted by Gasteiger charge is 2.29. The van der Waals surface area contributed by atoms with Crippen LogP contribution in [0.1, 0.15) is 48.6 Å². The van der Waals surface area contributed by atoms with Crippen LogP contribution in [-0.4, -0.2) is 45.1 Å². The molecule has 0 spiro atoms. The van der Waals surface area contributed by atoms with Gasteiger partial charge in [0.05, 0.1) is 23.4 Å². The third-order valence-electron chi connectivity index (χ3n) is 6.16. The fourth-order valence-electron chi connectivity index (χ4n) is 4.19. The standard InChI is InChI=1S/C24H26FN5O2/c1-15-12-21(32-29-15)19-14-26-24(27-18-6-7-18)28-23(19)16-8-10-30(11-9-16)22(31)13-17-4-2-3-5-20(17)25/h2-5,12,14,16,18H,6-11,13H2,1H3,(H,26,27,28). The number of hydrogen-bond acceptors (Lipinski definition) is 6. The van der Waals surface area contributed by atoms with Crippen LogP contribution in [0.4, 0.5) is 10.3 Å². The SMILES string of the molecule is Cc1cc(-c2cnc(NC3CC3)nc2C2CCN(C(=O)Cc3ccccc3F)CC2)on1. The first-order valence-electron chi connectivity index (χ1n) is 11.1. The number of piperidine rings is 1. The summed E-state index contributed by atoms with van der Waals surface area (Å²) >= 11 is 0. The molecule has 3 aromatic rings. The van der Waals surface area contributed by atoms with E-state index < -0.39 is 0 Å². The molecule has 0 unspecified atom stereocenters. The smallest absolute Gasteiger partial charge is 0.227 e. The number of carbonyl (C=O) groups excluding carboxylic acids is 1. The number of halogens is 1. The average molecular weight is 436 g/mol. The summed E-state index contributed by atoms with van der Waals surface area (Å²) in [5, 5.41) is 7.38. The lowest BCUT2D eigenvalue weighted by atomic mass is 9.90. The summed E-state index contributed by atoms with van der Waals surface area (Å²) in [4.78, 5) is 23.9. The van der Waals surface area contributed by atoms with Crippen LogP contribution in [0.3, 0.4) is 0 Å². The van der Waals surface area contributed by atoms with Gasteiger partial charge >= 0.3 is 0 Å². The molecule has 1 N–H and O–H groups in total. The molecule has 0 atom stereocenters. The van der Waals surface area contributed by atoms with Gasteiger partial charge in [-0.1, -0.05) is 23.4 Å². The second-order valence-electron chi connectivity index (χ2n) is 8.67. The average Bonchev–Trinajstić information content (AvgIpc) is 3.52. The number of nitrogens with zero attached hydrogens (tertiary/aromatic N) is 4. The van der Waals surface area contributed by atoms with Gasteiger partial charge in [-0.25, -0.2) is 14.4 Å². The van der Waals surface area contributed by atoms with Crippen LogP contribution < -0.4 is 5.32 Å². The molecule has 0 bridgehead atoms. The molecule has 1 aromatic carbocycles. The predicted molar refractivity (Wildman–Crippen MR) is 118 cm³/mol. The number of carbonyl (C=O) groups is 1. The molecule has 8 heteroatoms. The number of amides is 1. The lowest BCUT2D eigenvalue weighted by Crippen LogP contribution is -2.39. The third-order valence-corrected chi connectivity index (χ3v) is 6.16. The summed E-state index contributed by atoms with van der Waals surface area (Å²) in [6, 6.07) is 8.80. The zero-order chi connectivity index (χ0) is 22.1. The van der Waals surface area contributed by atoms with E-state index in [9.17, 15) is 9.18 Å². The van der Waals surface area contributed by atoms with E-state index in [1.54, 1.807) is 18.2 Å². The Morgan fingerprint density at radius 3 is 2.69 bits per heavy atom. The number of likely N-dealkylation sites (tertiary alicyclic amines) is 1. The molecule has 1 aliphatic heterocycles. The maximum absolute atomic E-state index is 13.9. The van der Waals surface area contributed by atoms with Crippen LogP contribution in [0.2, 0.25) is 0 Å². The van der Waals surface area contributed by atoms with E-state index in [4.69, 9.17) is 9.51 Å². The van der Waals surface area contributed by atoms with Gasteiger partial charge in [-0.3, -0.25) is 4.79 Å². The quantitative estimate of drug-likeness (QED) is 0.628. The van der Waals surface area contributed by atoms with Crippen molar-refractivity contribution < 1.29 is 13.7 Å². The molecule has 1 saturated carbocycles. The van der Waals surface area contributed by atoms with Crippen LogP contribution in [-0.2, 0) is 11.2 Å². The maximum atomic E-state index is 13.9. The molecule has 1 aliphatic carbocycles. The van der Waals surface area contributed by atoms with Crippen LogP contribution >= 0.6 is 0 Å². The normalized spacial score (nSPS) is 16.9. The van der Waals surface area contributed by atoms with Gasteiger partial charge in [0, 0.05) is 37.3 Å². The van der Waals surface area contributed by atoms with Gasteiger partial charge in [0.2, 0.25) is 11.9 Å². The van der Waals surface area contributed by atoms with Gasteiger partial charge in [0.1, 0.15) is 5.82 Å². The topological polar surface area (TPSA) is 84.2 Å². The van der Waals surface area contributed by atoms with E-state index in [-0.39, 0.29) is 24.1 Å². The first-order chi connectivity index (χ1) is 15.6. The molecule has 3 heterocycles. The molecule has 2 fully saturated rings. The second kappa shape index (κ2) is 8.68. The minimum absolute atomic E-state index is 0.0431. The molecule has 7 nitrogen and oxygen atoms in total. The molecular weight excluding hydrogens is 409 g/mol. The highest BCUT2D eigenvalue weighted by Crippen LogP contribution is 2.35. The van der Waals surface area contributed by atoms with E-state index in [0.29, 0.717) is 36.4 Å². The Labute approximate surface area is 186 Å². The Balaban J connectivity index is 1.31. The summed E-state index contributed by atoms with van der Waals surface area (Å²) in [7, 11) is 0. The number of anilines is 1. The van der Waals surface area contributed by atoms with Crippen molar-refractivity contribution in [2.24, 2.45) is 0 Å². The van der Waals surface area contributed by atoms with Crippen molar-refractivity contribution in [2.45, 2.75) is 51.0 Å². The van der Waals surface area contributed by atoms with E-state index in [0.717, 1.165) is 42.6 Å². The number of aryl methyl sites for hydroxylation is 1. The lowest BCUT2D eigenvalue weighted by Gasteiger charge is -2.32. The van der Waals surface area contributed by atoms with Crippen molar-refractivity contribution in [1.82, 2.24) is 20.0 Å². The maximum Gasteiger partial charge on any atom is 0.227 e. The minimum atomic E-state index is -0.334. The summed E-state index contributed by atoms with van der Waals surface area (Å²) in [6.45, 7) is 3.11. The molecule has 166 valence electrons. The minimum Gasteiger partial charge on any atom is -0.356 e. The number of benzene rings is 1. The second-order valence-corrected chi connectivity index (χ2v) is 8.67. The van der Waals surface area contributed by atoms with E-state index >= 15 is 0 Å². The molecule has 1 amide bonds. The summed E-state index contributed by atoms with van der Waals surface area (Å²) < 4.78 is 19.4. The molecule has 1 saturated heterocycles. The number of aromatic nitrogens is 3. The van der Waals surface area contributed by atoms with Crippen LogP contribution in [0.5, 0.6) is 0 Å². The lowest BCUT2D eigenvalue weighted by molar-refractivity contribution is -0.131. The summed E-state index contributed by atoms with van der Waals surface area (Å²) in [5.74, 6) is 1.10. The van der Waals surface area contributed by atoms with Gasteiger partial charge in [-0.05, 0) is 44.2 Å². The molecule has 5 rings (SSSR count). The van der Waals surface area contributed by atoms with Crippen molar-refractivity contribution in [3.8, 4) is 11.3 Å². The Morgan fingerprint density at radius 1 is 1.22 bits per heavy atom. The Hall–Kier alpha value is -3.29. The number of hydrogen-bond donors (Lipinski definition) is 1. The van der Waals surface area contributed by atoms with Gasteiger partial charge < -0.3 is 14.7 Å². The van der Waals surface area contributed by atoms with E-state index in [1.165, 1.54) is 6.07 Å². The first kappa shape index (κ1) is 20.6. The summed E-state index contributed by atoms with van der Waals surface area (Å²) in [6.07, 6.45) is 5.74. The number of nitrogens with one attached hydrogen (secondary N) is 1. The Morgan fingerprint density at radius 2 is 2.00 bits per heavy atom. The van der Waals surface area contributed by atoms with Gasteiger partial charge in [-0.15, -0.1) is 0 Å². The molecule has 0 radical (unpaired) electrons. The van der Waals surface area contributed by atoms with Crippen molar-refractivity contribution in [2.75, 3.05) is 18.4 Å². The molecule has 2 aromatic heterocycles. The molecule has 32 heavy (non-hydrogen) atoms. The molecule has 2 aliphatic rings. The van der Waals surface area contributed by atoms with Gasteiger partial charge in [0.25, 0.3) is 0 Å². The number of rotatable bonds is 6. The predicted octanol–water partition coefficient (Wildman–Crippen LogP) is 4.10. The Bertz CT molecular complexity index is 1120. The fraction of sp³-hybridized carbons (Fsp3) is 0.417. The fourth-order valence-corrected chi connectivity index (χ4v) is 4.19. The van der Waals surface area contributed by atoms with Crippen LogP contribution in [0.25, 0.3) is 11.3 Å². The highest BCUT2D eigenvalue weighted by molar-refractivity contribution is 5.79.